The number of halogens is 3. The van der Waals surface area contributed by atoms with Crippen LogP contribution in [-0.4, -0.2) is 5.91 Å². The Balaban J connectivity index is 3.35. The lowest BCUT2D eigenvalue weighted by molar-refractivity contribution is -0.137. The van der Waals surface area contributed by atoms with Gasteiger partial charge < -0.3 is 5.32 Å². The lowest BCUT2D eigenvalue weighted by Crippen LogP contribution is -2.10. The topological polar surface area (TPSA) is 58.5 Å². The Morgan fingerprint density at radius 2 is 1.94 bits per heavy atom. The lowest BCUT2D eigenvalue weighted by Gasteiger charge is -2.12. The molecule has 0 heterocycles. The van der Waals surface area contributed by atoms with Gasteiger partial charge in [0.2, 0.25) is 5.91 Å². The fraction of sp³-hybridized carbons (Fsp3) is 0.300. The van der Waals surface area contributed by atoms with Crippen LogP contribution in [0.4, 0.5) is 24.5 Å². The third-order valence-electron chi connectivity index (χ3n) is 2.04. The number of anilines is 1. The minimum Gasteiger partial charge on any atom is -0.324 e. The fourth-order valence-electron chi connectivity index (χ4n) is 1.34. The van der Waals surface area contributed by atoms with Crippen molar-refractivity contribution in [3.8, 4) is 0 Å². The molecule has 0 saturated heterocycles. The monoisotopic (exact) mass is 246 g/mol. The van der Waals surface area contributed by atoms with E-state index in [4.69, 9.17) is 0 Å². The van der Waals surface area contributed by atoms with Crippen LogP contribution in [0.5, 0.6) is 0 Å². The van der Waals surface area contributed by atoms with E-state index < -0.39 is 23.3 Å². The zero-order valence-electron chi connectivity index (χ0n) is 9.05. The van der Waals surface area contributed by atoms with Crippen molar-refractivity contribution in [2.75, 3.05) is 5.32 Å². The number of carbonyl (C=O) groups excluding carboxylic acids is 1. The van der Waals surface area contributed by atoms with Gasteiger partial charge in [0.1, 0.15) is 5.69 Å². The number of nitroso groups, excluding NO2 is 1. The molecule has 0 aliphatic heterocycles. The second-order valence-electron chi connectivity index (χ2n) is 3.46. The van der Waals surface area contributed by atoms with E-state index >= 15 is 0 Å². The Morgan fingerprint density at radius 1 is 1.35 bits per heavy atom. The van der Waals surface area contributed by atoms with Crippen LogP contribution in [0.1, 0.15) is 18.1 Å². The van der Waals surface area contributed by atoms with Crippen molar-refractivity contribution >= 4 is 17.3 Å². The molecule has 0 bridgehead atoms. The van der Waals surface area contributed by atoms with Crippen molar-refractivity contribution in [2.24, 2.45) is 5.18 Å². The SMILES string of the molecule is CC(=O)Nc1c(C)cc(C(F)(F)F)cc1N=O. The van der Waals surface area contributed by atoms with E-state index in [0.717, 1.165) is 6.07 Å². The van der Waals surface area contributed by atoms with E-state index in [1.165, 1.54) is 13.8 Å². The number of aryl methyl sites for hydroxylation is 1. The van der Waals surface area contributed by atoms with Crippen LogP contribution in [0.15, 0.2) is 17.3 Å². The molecule has 0 aromatic heterocycles. The number of amides is 1. The molecule has 0 radical (unpaired) electrons. The van der Waals surface area contributed by atoms with Crippen LogP contribution >= 0.6 is 0 Å². The predicted octanol–water partition coefficient (Wildman–Crippen LogP) is 3.37. The second-order valence-corrected chi connectivity index (χ2v) is 3.46. The van der Waals surface area contributed by atoms with Gasteiger partial charge in [0.25, 0.3) is 0 Å². The third-order valence-corrected chi connectivity index (χ3v) is 2.04. The van der Waals surface area contributed by atoms with E-state index in [-0.39, 0.29) is 11.3 Å². The number of alkyl halides is 3. The summed E-state index contributed by atoms with van der Waals surface area (Å²) in [5.41, 5.74) is -1.28. The standard InChI is InChI=1S/C10H9F3N2O2/c1-5-3-7(10(11,12)13)4-8(15-17)9(5)14-6(2)16/h3-4H,1-2H3,(H,14,16). The summed E-state index contributed by atoms with van der Waals surface area (Å²) in [5.74, 6) is -0.488. The molecule has 17 heavy (non-hydrogen) atoms. The summed E-state index contributed by atoms with van der Waals surface area (Å²) in [4.78, 5) is 21.3. The summed E-state index contributed by atoms with van der Waals surface area (Å²) in [5, 5.41) is 4.77. The molecular weight excluding hydrogens is 237 g/mol. The Labute approximate surface area is 94.8 Å². The van der Waals surface area contributed by atoms with Crippen molar-refractivity contribution in [1.29, 1.82) is 0 Å². The zero-order valence-corrected chi connectivity index (χ0v) is 9.05. The Bertz CT molecular complexity index is 469. The van der Waals surface area contributed by atoms with Gasteiger partial charge in [-0.3, -0.25) is 4.79 Å². The maximum atomic E-state index is 12.4. The lowest BCUT2D eigenvalue weighted by atomic mass is 10.1. The van der Waals surface area contributed by atoms with Crippen LogP contribution in [0.3, 0.4) is 0 Å². The second kappa shape index (κ2) is 4.52. The fourth-order valence-corrected chi connectivity index (χ4v) is 1.34. The van der Waals surface area contributed by atoms with Gasteiger partial charge in [0.15, 0.2) is 0 Å². The van der Waals surface area contributed by atoms with E-state index in [1.54, 1.807) is 0 Å². The molecule has 4 nitrogen and oxygen atoms in total. The molecule has 0 aliphatic carbocycles. The maximum Gasteiger partial charge on any atom is 0.416 e. The quantitative estimate of drug-likeness (QED) is 0.813. The normalized spacial score (nSPS) is 11.1. The third kappa shape index (κ3) is 3.02. The summed E-state index contributed by atoms with van der Waals surface area (Å²) in [6.07, 6.45) is -4.56. The first-order valence-corrected chi connectivity index (χ1v) is 4.58. The number of hydrogen-bond donors (Lipinski definition) is 1. The Hall–Kier alpha value is -1.92. The van der Waals surface area contributed by atoms with Gasteiger partial charge in [-0.05, 0) is 29.8 Å². The largest absolute Gasteiger partial charge is 0.416 e. The molecule has 1 N–H and O–H groups in total. The molecule has 92 valence electrons. The average molecular weight is 246 g/mol. The van der Waals surface area contributed by atoms with Crippen molar-refractivity contribution in [1.82, 2.24) is 0 Å². The van der Waals surface area contributed by atoms with E-state index in [1.807, 2.05) is 0 Å². The number of nitrogens with one attached hydrogen (secondary N) is 1. The van der Waals surface area contributed by atoms with Crippen LogP contribution in [0.25, 0.3) is 0 Å². The van der Waals surface area contributed by atoms with Crippen LogP contribution in [0, 0.1) is 11.8 Å². The molecule has 1 rings (SSSR count). The van der Waals surface area contributed by atoms with Gasteiger partial charge in [-0.25, -0.2) is 0 Å². The predicted molar refractivity (Wildman–Crippen MR) is 55.9 cm³/mol. The number of carbonyl (C=O) groups is 1. The van der Waals surface area contributed by atoms with Gasteiger partial charge >= 0.3 is 6.18 Å². The molecule has 0 unspecified atom stereocenters. The first-order valence-electron chi connectivity index (χ1n) is 4.58. The van der Waals surface area contributed by atoms with Crippen molar-refractivity contribution in [3.63, 3.8) is 0 Å². The highest BCUT2D eigenvalue weighted by molar-refractivity contribution is 5.93. The summed E-state index contributed by atoms with van der Waals surface area (Å²) in [7, 11) is 0. The molecule has 0 atom stereocenters. The molecule has 0 saturated carbocycles. The van der Waals surface area contributed by atoms with Gasteiger partial charge in [-0.1, -0.05) is 0 Å². The van der Waals surface area contributed by atoms with Crippen LogP contribution < -0.4 is 5.32 Å². The zero-order chi connectivity index (χ0) is 13.2. The van der Waals surface area contributed by atoms with E-state index in [2.05, 4.69) is 10.5 Å². The molecule has 0 fully saturated rings. The van der Waals surface area contributed by atoms with E-state index in [9.17, 15) is 22.9 Å². The molecule has 1 amide bonds. The number of benzene rings is 1. The summed E-state index contributed by atoms with van der Waals surface area (Å²) in [6, 6.07) is 1.45. The molecule has 1 aromatic carbocycles. The summed E-state index contributed by atoms with van der Waals surface area (Å²) >= 11 is 0. The summed E-state index contributed by atoms with van der Waals surface area (Å²) in [6.45, 7) is 2.54. The van der Waals surface area contributed by atoms with Gasteiger partial charge in [0, 0.05) is 6.92 Å². The van der Waals surface area contributed by atoms with Crippen molar-refractivity contribution in [3.05, 3.63) is 28.2 Å². The molecule has 0 spiro atoms. The average Bonchev–Trinajstić information content (AvgIpc) is 2.18. The minimum absolute atomic E-state index is 0.000463. The Kier molecular flexibility index (Phi) is 3.50. The number of nitrogens with zero attached hydrogens (tertiary/aromatic N) is 1. The number of hydrogen-bond acceptors (Lipinski definition) is 3. The van der Waals surface area contributed by atoms with Gasteiger partial charge in [-0.2, -0.15) is 13.2 Å². The van der Waals surface area contributed by atoms with Crippen molar-refractivity contribution < 1.29 is 18.0 Å². The number of rotatable bonds is 2. The summed E-state index contributed by atoms with van der Waals surface area (Å²) < 4.78 is 37.3. The molecule has 0 aliphatic rings. The van der Waals surface area contributed by atoms with Crippen molar-refractivity contribution in [2.45, 2.75) is 20.0 Å². The van der Waals surface area contributed by atoms with Crippen LogP contribution in [0.2, 0.25) is 0 Å². The smallest absolute Gasteiger partial charge is 0.324 e. The molecule has 1 aromatic rings. The molecule has 7 heteroatoms. The first kappa shape index (κ1) is 13.1. The highest BCUT2D eigenvalue weighted by Gasteiger charge is 2.32. The Morgan fingerprint density at radius 3 is 2.35 bits per heavy atom. The van der Waals surface area contributed by atoms with E-state index in [0.29, 0.717) is 6.07 Å². The highest BCUT2D eigenvalue weighted by Crippen LogP contribution is 2.37. The van der Waals surface area contributed by atoms with Crippen LogP contribution in [-0.2, 0) is 11.0 Å². The highest BCUT2D eigenvalue weighted by atomic mass is 19.4. The molecular formula is C10H9F3N2O2. The minimum atomic E-state index is -4.56. The van der Waals surface area contributed by atoms with Gasteiger partial charge in [-0.15, -0.1) is 4.91 Å². The first-order chi connectivity index (χ1) is 7.75. The van der Waals surface area contributed by atoms with Gasteiger partial charge in [0.05, 0.1) is 11.3 Å². The maximum absolute atomic E-state index is 12.4.